The first-order chi connectivity index (χ1) is 15.3. The molecule has 4 aromatic rings. The molecule has 0 radical (unpaired) electrons. The Kier molecular flexibility index (Phi) is 6.80. The lowest BCUT2D eigenvalue weighted by molar-refractivity contribution is -0.116. The number of rotatable bonds is 9. The highest BCUT2D eigenvalue weighted by molar-refractivity contribution is 5.91. The van der Waals surface area contributed by atoms with Crippen molar-refractivity contribution in [2.75, 3.05) is 5.32 Å². The van der Waals surface area contributed by atoms with E-state index in [9.17, 15) is 4.79 Å². The fourth-order valence-electron chi connectivity index (χ4n) is 3.38. The number of hydrogen-bond donors (Lipinski definition) is 1. The molecular formula is C25H24N4O2. The molecule has 0 aliphatic rings. The number of nitrogens with one attached hydrogen (secondary N) is 1. The van der Waals surface area contributed by atoms with Crippen molar-refractivity contribution in [3.63, 3.8) is 0 Å². The van der Waals surface area contributed by atoms with Gasteiger partial charge in [-0.25, -0.2) is 0 Å². The van der Waals surface area contributed by atoms with Crippen LogP contribution in [0.15, 0.2) is 83.6 Å². The lowest BCUT2D eigenvalue weighted by Crippen LogP contribution is -2.13. The van der Waals surface area contributed by atoms with Crippen LogP contribution >= 0.6 is 0 Å². The molecule has 2 aromatic heterocycles. The zero-order valence-corrected chi connectivity index (χ0v) is 17.2. The Hall–Kier alpha value is -3.80. The first-order valence-corrected chi connectivity index (χ1v) is 10.4. The fraction of sp³-hybridized carbons (Fsp3) is 0.200. The van der Waals surface area contributed by atoms with E-state index in [1.54, 1.807) is 12.4 Å². The first-order valence-electron chi connectivity index (χ1n) is 10.4. The molecule has 0 unspecified atom stereocenters. The maximum absolute atomic E-state index is 12.4. The second-order valence-corrected chi connectivity index (χ2v) is 7.32. The van der Waals surface area contributed by atoms with E-state index in [1.807, 2.05) is 54.6 Å². The van der Waals surface area contributed by atoms with Crippen molar-refractivity contribution >= 4 is 11.6 Å². The summed E-state index contributed by atoms with van der Waals surface area (Å²) in [7, 11) is 0. The second-order valence-electron chi connectivity index (χ2n) is 7.32. The van der Waals surface area contributed by atoms with Gasteiger partial charge in [-0.1, -0.05) is 53.7 Å². The summed E-state index contributed by atoms with van der Waals surface area (Å²) >= 11 is 0. The Labute approximate surface area is 181 Å². The van der Waals surface area contributed by atoms with Crippen LogP contribution in [0.3, 0.4) is 0 Å². The van der Waals surface area contributed by atoms with Gasteiger partial charge in [-0.05, 0) is 48.6 Å². The highest BCUT2D eigenvalue weighted by Crippen LogP contribution is 2.21. The molecule has 0 spiro atoms. The smallest absolute Gasteiger partial charge is 0.231 e. The van der Waals surface area contributed by atoms with Crippen LogP contribution in [-0.4, -0.2) is 21.0 Å². The highest BCUT2D eigenvalue weighted by Gasteiger charge is 2.12. The average Bonchev–Trinajstić information content (AvgIpc) is 3.28. The van der Waals surface area contributed by atoms with E-state index in [0.717, 1.165) is 36.1 Å². The summed E-state index contributed by atoms with van der Waals surface area (Å²) in [5, 5.41) is 7.08. The predicted octanol–water partition coefficient (Wildman–Crippen LogP) is 5.07. The number of unbranched alkanes of at least 4 members (excludes halogenated alkanes) is 1. The molecule has 1 amide bonds. The number of amides is 1. The zero-order chi connectivity index (χ0) is 21.3. The number of hydrogen-bond acceptors (Lipinski definition) is 5. The first kappa shape index (κ1) is 20.5. The minimum absolute atomic E-state index is 0.0171. The van der Waals surface area contributed by atoms with E-state index < -0.39 is 0 Å². The van der Waals surface area contributed by atoms with Gasteiger partial charge < -0.3 is 9.84 Å². The van der Waals surface area contributed by atoms with Gasteiger partial charge in [0.1, 0.15) is 0 Å². The van der Waals surface area contributed by atoms with Crippen molar-refractivity contribution in [3.8, 4) is 11.4 Å². The number of benzene rings is 2. The average molecular weight is 412 g/mol. The van der Waals surface area contributed by atoms with Crippen LogP contribution < -0.4 is 5.32 Å². The predicted molar refractivity (Wildman–Crippen MR) is 119 cm³/mol. The summed E-state index contributed by atoms with van der Waals surface area (Å²) in [6.07, 6.45) is 7.14. The molecule has 0 bridgehead atoms. The Morgan fingerprint density at radius 2 is 1.68 bits per heavy atom. The van der Waals surface area contributed by atoms with Crippen LogP contribution in [0.2, 0.25) is 0 Å². The van der Waals surface area contributed by atoms with Crippen molar-refractivity contribution in [2.45, 2.75) is 32.1 Å². The van der Waals surface area contributed by atoms with Gasteiger partial charge in [-0.3, -0.25) is 9.78 Å². The number of nitrogens with zero attached hydrogens (tertiary/aromatic N) is 3. The summed E-state index contributed by atoms with van der Waals surface area (Å²) < 4.78 is 5.41. The van der Waals surface area contributed by atoms with E-state index in [2.05, 4.69) is 32.6 Å². The van der Waals surface area contributed by atoms with Gasteiger partial charge in [-0.15, -0.1) is 0 Å². The van der Waals surface area contributed by atoms with Gasteiger partial charge >= 0.3 is 0 Å². The summed E-state index contributed by atoms with van der Waals surface area (Å²) in [5.41, 5.74) is 3.87. The third-order valence-corrected chi connectivity index (χ3v) is 5.00. The number of aryl methyl sites for hydroxylation is 1. The van der Waals surface area contributed by atoms with Crippen LogP contribution in [0.25, 0.3) is 11.4 Å². The molecule has 2 heterocycles. The zero-order valence-electron chi connectivity index (χ0n) is 17.2. The van der Waals surface area contributed by atoms with Crippen molar-refractivity contribution in [1.82, 2.24) is 15.1 Å². The molecule has 156 valence electrons. The highest BCUT2D eigenvalue weighted by atomic mass is 16.5. The van der Waals surface area contributed by atoms with E-state index in [4.69, 9.17) is 4.52 Å². The largest absolute Gasteiger partial charge is 0.339 e. The lowest BCUT2D eigenvalue weighted by atomic mass is 10.1. The number of carbonyl (C=O) groups is 1. The fourth-order valence-corrected chi connectivity index (χ4v) is 3.38. The molecule has 0 fully saturated rings. The third kappa shape index (κ3) is 5.85. The van der Waals surface area contributed by atoms with Crippen LogP contribution in [0.4, 0.5) is 5.69 Å². The molecule has 0 aliphatic carbocycles. The summed E-state index contributed by atoms with van der Waals surface area (Å²) in [6, 6.07) is 21.7. The van der Waals surface area contributed by atoms with Gasteiger partial charge in [-0.2, -0.15) is 4.98 Å². The van der Waals surface area contributed by atoms with Gasteiger partial charge in [0.15, 0.2) is 0 Å². The second kappa shape index (κ2) is 10.3. The molecule has 31 heavy (non-hydrogen) atoms. The van der Waals surface area contributed by atoms with E-state index >= 15 is 0 Å². The summed E-state index contributed by atoms with van der Waals surface area (Å²) in [5.74, 6) is 1.04. The lowest BCUT2D eigenvalue weighted by Gasteiger charge is -2.10. The molecule has 0 saturated heterocycles. The number of carbonyl (C=O) groups excluding carboxylic acids is 1. The van der Waals surface area contributed by atoms with Gasteiger partial charge in [0.05, 0.1) is 6.42 Å². The SMILES string of the molecule is O=C(CCCCc1ccccc1)Nc1ccccc1Cc1nc(-c2ccncc2)no1. The molecule has 0 atom stereocenters. The molecule has 1 N–H and O–H groups in total. The van der Waals surface area contributed by atoms with Crippen molar-refractivity contribution in [2.24, 2.45) is 0 Å². The van der Waals surface area contributed by atoms with Crippen LogP contribution in [-0.2, 0) is 17.6 Å². The monoisotopic (exact) mass is 412 g/mol. The molecular weight excluding hydrogens is 388 g/mol. The van der Waals surface area contributed by atoms with Crippen molar-refractivity contribution < 1.29 is 9.32 Å². The Balaban J connectivity index is 1.32. The Bertz CT molecular complexity index is 1110. The van der Waals surface area contributed by atoms with Crippen LogP contribution in [0.5, 0.6) is 0 Å². The molecule has 6 heteroatoms. The quantitative estimate of drug-likeness (QED) is 0.388. The van der Waals surface area contributed by atoms with Gasteiger partial charge in [0.2, 0.25) is 17.6 Å². The standard InChI is InChI=1S/C25H24N4O2/c30-23(13-7-4-10-19-8-2-1-3-9-19)27-22-12-6-5-11-21(22)18-24-28-25(29-31-24)20-14-16-26-17-15-20/h1-3,5-6,8-9,11-12,14-17H,4,7,10,13,18H2,(H,27,30). The molecule has 0 aliphatic heterocycles. The van der Waals surface area contributed by atoms with Crippen molar-refractivity contribution in [1.29, 1.82) is 0 Å². The Morgan fingerprint density at radius 1 is 0.903 bits per heavy atom. The summed E-state index contributed by atoms with van der Waals surface area (Å²) in [4.78, 5) is 20.9. The normalized spacial score (nSPS) is 10.7. The number of aromatic nitrogens is 3. The summed E-state index contributed by atoms with van der Waals surface area (Å²) in [6.45, 7) is 0. The van der Waals surface area contributed by atoms with E-state index in [1.165, 1.54) is 5.56 Å². The number of para-hydroxylation sites is 1. The third-order valence-electron chi connectivity index (χ3n) is 5.00. The number of pyridine rings is 1. The Morgan fingerprint density at radius 3 is 2.52 bits per heavy atom. The van der Waals surface area contributed by atoms with Crippen molar-refractivity contribution in [3.05, 3.63) is 96.1 Å². The minimum atomic E-state index is 0.0171. The molecule has 4 rings (SSSR count). The van der Waals surface area contributed by atoms with Crippen LogP contribution in [0, 0.1) is 0 Å². The van der Waals surface area contributed by atoms with Gasteiger partial charge in [0.25, 0.3) is 0 Å². The van der Waals surface area contributed by atoms with Gasteiger partial charge in [0, 0.05) is 30.1 Å². The topological polar surface area (TPSA) is 80.9 Å². The number of anilines is 1. The molecule has 0 saturated carbocycles. The van der Waals surface area contributed by atoms with Crippen LogP contribution in [0.1, 0.15) is 36.3 Å². The minimum Gasteiger partial charge on any atom is -0.339 e. The maximum atomic E-state index is 12.4. The molecule has 6 nitrogen and oxygen atoms in total. The molecule has 2 aromatic carbocycles. The van der Waals surface area contributed by atoms with E-state index in [-0.39, 0.29) is 5.91 Å². The maximum Gasteiger partial charge on any atom is 0.231 e. The van der Waals surface area contributed by atoms with E-state index in [0.29, 0.717) is 24.6 Å².